The van der Waals surface area contributed by atoms with Crippen LogP contribution < -0.4 is 16.2 Å². The molecule has 1 heterocycles. The highest BCUT2D eigenvalue weighted by molar-refractivity contribution is 5.57. The molecule has 0 aromatic carbocycles. The molecular weight excluding hydrogens is 242 g/mol. The number of anilines is 2. The van der Waals surface area contributed by atoms with Crippen LogP contribution in [0.25, 0.3) is 0 Å². The molecule has 1 rings (SSSR count). The molecule has 0 saturated heterocycles. The largest absolute Gasteiger partial charge is 0.380 e. The maximum atomic E-state index is 5.52. The summed E-state index contributed by atoms with van der Waals surface area (Å²) in [5.41, 5.74) is 3.61. The van der Waals surface area contributed by atoms with Crippen molar-refractivity contribution in [2.45, 2.75) is 33.6 Å². The van der Waals surface area contributed by atoms with Gasteiger partial charge in [-0.2, -0.15) is 0 Å². The third-order valence-electron chi connectivity index (χ3n) is 2.91. The highest BCUT2D eigenvalue weighted by atomic mass is 16.5. The number of ether oxygens (including phenoxy) is 1. The van der Waals surface area contributed by atoms with Crippen LogP contribution in [0.5, 0.6) is 0 Å². The van der Waals surface area contributed by atoms with Crippen LogP contribution in [0.3, 0.4) is 0 Å². The van der Waals surface area contributed by atoms with Gasteiger partial charge in [-0.05, 0) is 20.3 Å². The summed E-state index contributed by atoms with van der Waals surface area (Å²) in [6.07, 6.45) is 1.86. The summed E-state index contributed by atoms with van der Waals surface area (Å²) in [5, 5.41) is 0. The first-order valence-corrected chi connectivity index (χ1v) is 6.77. The molecule has 0 amide bonds. The molecule has 0 aliphatic heterocycles. The number of aromatic nitrogens is 2. The van der Waals surface area contributed by atoms with Gasteiger partial charge in [-0.15, -0.1) is 0 Å². The second-order valence-corrected chi connectivity index (χ2v) is 4.45. The molecule has 1 aromatic rings. The van der Waals surface area contributed by atoms with E-state index in [4.69, 9.17) is 10.6 Å². The first-order valence-electron chi connectivity index (χ1n) is 6.77. The van der Waals surface area contributed by atoms with E-state index in [0.29, 0.717) is 12.4 Å². The van der Waals surface area contributed by atoms with E-state index < -0.39 is 0 Å². The van der Waals surface area contributed by atoms with E-state index in [2.05, 4.69) is 27.2 Å². The molecule has 19 heavy (non-hydrogen) atoms. The van der Waals surface area contributed by atoms with Gasteiger partial charge in [0, 0.05) is 32.2 Å². The van der Waals surface area contributed by atoms with Crippen LogP contribution in [-0.4, -0.2) is 36.8 Å². The van der Waals surface area contributed by atoms with Crippen LogP contribution in [0, 0.1) is 6.92 Å². The van der Waals surface area contributed by atoms with Crippen LogP contribution >= 0.6 is 0 Å². The van der Waals surface area contributed by atoms with E-state index in [-0.39, 0.29) is 0 Å². The maximum Gasteiger partial charge on any atom is 0.148 e. The molecule has 0 radical (unpaired) electrons. The highest BCUT2D eigenvalue weighted by Gasteiger charge is 2.13. The zero-order valence-electron chi connectivity index (χ0n) is 12.4. The van der Waals surface area contributed by atoms with Gasteiger partial charge in [0.25, 0.3) is 0 Å². The van der Waals surface area contributed by atoms with E-state index in [1.165, 1.54) is 0 Å². The van der Waals surface area contributed by atoms with Gasteiger partial charge in [-0.25, -0.2) is 15.8 Å². The van der Waals surface area contributed by atoms with Crippen molar-refractivity contribution in [3.05, 3.63) is 11.4 Å². The van der Waals surface area contributed by atoms with Crippen LogP contribution in [0.1, 0.15) is 31.7 Å². The predicted molar refractivity (Wildman–Crippen MR) is 78.3 cm³/mol. The Morgan fingerprint density at radius 3 is 2.63 bits per heavy atom. The van der Waals surface area contributed by atoms with E-state index >= 15 is 0 Å². The second-order valence-electron chi connectivity index (χ2n) is 4.45. The number of nitrogens with two attached hydrogens (primary N) is 1. The number of hydrazine groups is 1. The summed E-state index contributed by atoms with van der Waals surface area (Å²) in [7, 11) is 2.00. The monoisotopic (exact) mass is 267 g/mol. The topological polar surface area (TPSA) is 76.3 Å². The van der Waals surface area contributed by atoms with Crippen LogP contribution in [-0.2, 0) is 11.2 Å². The Balaban J connectivity index is 2.93. The lowest BCUT2D eigenvalue weighted by atomic mass is 10.2. The Morgan fingerprint density at radius 2 is 2.05 bits per heavy atom. The standard InChI is InChI=1S/C13H25N5O/c1-5-7-11-15-12(17-14)10(3)13(16-11)18(4)8-9-19-6-2/h5-9,14H2,1-4H3,(H,15,16,17). The summed E-state index contributed by atoms with van der Waals surface area (Å²) < 4.78 is 5.37. The lowest BCUT2D eigenvalue weighted by Crippen LogP contribution is -2.26. The van der Waals surface area contributed by atoms with Gasteiger partial charge in [-0.3, -0.25) is 0 Å². The first kappa shape index (κ1) is 15.7. The molecule has 6 heteroatoms. The smallest absolute Gasteiger partial charge is 0.148 e. The molecule has 0 fully saturated rings. The summed E-state index contributed by atoms with van der Waals surface area (Å²) in [5.74, 6) is 7.94. The fourth-order valence-corrected chi connectivity index (χ4v) is 1.85. The van der Waals surface area contributed by atoms with E-state index in [9.17, 15) is 0 Å². The Hall–Kier alpha value is -1.40. The van der Waals surface area contributed by atoms with Crippen LogP contribution in [0.15, 0.2) is 0 Å². The van der Waals surface area contributed by atoms with E-state index in [1.54, 1.807) is 0 Å². The van der Waals surface area contributed by atoms with Crippen molar-refractivity contribution >= 4 is 11.6 Å². The van der Waals surface area contributed by atoms with Crippen molar-refractivity contribution < 1.29 is 4.74 Å². The molecule has 0 spiro atoms. The minimum atomic E-state index is 0.685. The van der Waals surface area contributed by atoms with Gasteiger partial charge in [0.05, 0.1) is 6.61 Å². The number of rotatable bonds is 8. The fraction of sp³-hybridized carbons (Fsp3) is 0.692. The lowest BCUT2D eigenvalue weighted by molar-refractivity contribution is 0.154. The van der Waals surface area contributed by atoms with Gasteiger partial charge >= 0.3 is 0 Å². The molecule has 3 N–H and O–H groups in total. The quantitative estimate of drug-likeness (QED) is 0.422. The molecule has 108 valence electrons. The molecule has 0 bridgehead atoms. The van der Waals surface area contributed by atoms with Crippen molar-refractivity contribution in [1.29, 1.82) is 0 Å². The lowest BCUT2D eigenvalue weighted by Gasteiger charge is -2.22. The molecule has 0 atom stereocenters. The van der Waals surface area contributed by atoms with Gasteiger partial charge in [-0.1, -0.05) is 6.92 Å². The van der Waals surface area contributed by atoms with Crippen molar-refractivity contribution in [1.82, 2.24) is 9.97 Å². The SMILES string of the molecule is CCCc1nc(NN)c(C)c(N(C)CCOCC)n1. The average molecular weight is 267 g/mol. The third kappa shape index (κ3) is 4.33. The molecule has 0 saturated carbocycles. The first-order chi connectivity index (χ1) is 9.13. The van der Waals surface area contributed by atoms with E-state index in [0.717, 1.165) is 43.2 Å². The minimum absolute atomic E-state index is 0.685. The average Bonchev–Trinajstić information content (AvgIpc) is 2.41. The molecule has 0 aliphatic rings. The van der Waals surface area contributed by atoms with Gasteiger partial charge in [0.1, 0.15) is 17.5 Å². The number of nitrogen functional groups attached to an aromatic ring is 1. The molecule has 6 nitrogen and oxygen atoms in total. The second kappa shape index (κ2) is 7.91. The van der Waals surface area contributed by atoms with Crippen LogP contribution in [0.2, 0.25) is 0 Å². The summed E-state index contributed by atoms with van der Waals surface area (Å²) in [4.78, 5) is 11.1. The van der Waals surface area contributed by atoms with Crippen LogP contribution in [0.4, 0.5) is 11.6 Å². The zero-order chi connectivity index (χ0) is 14.3. The number of nitrogens with one attached hydrogen (secondary N) is 1. The Morgan fingerprint density at radius 1 is 1.32 bits per heavy atom. The summed E-state index contributed by atoms with van der Waals surface area (Å²) >= 11 is 0. The van der Waals surface area contributed by atoms with Gasteiger partial charge < -0.3 is 15.1 Å². The van der Waals surface area contributed by atoms with Crippen molar-refractivity contribution in [3.8, 4) is 0 Å². The number of likely N-dealkylation sites (N-methyl/N-ethyl adjacent to an activating group) is 1. The van der Waals surface area contributed by atoms with E-state index in [1.807, 2.05) is 20.9 Å². The zero-order valence-corrected chi connectivity index (χ0v) is 12.4. The Bertz CT molecular complexity index is 397. The number of hydrogen-bond acceptors (Lipinski definition) is 6. The number of nitrogens with zero attached hydrogens (tertiary/aromatic N) is 3. The van der Waals surface area contributed by atoms with Crippen molar-refractivity contribution in [2.75, 3.05) is 37.1 Å². The summed E-state index contributed by atoms with van der Waals surface area (Å²) in [6, 6.07) is 0. The molecule has 0 unspecified atom stereocenters. The normalized spacial score (nSPS) is 10.6. The number of hydrogen-bond donors (Lipinski definition) is 2. The molecular formula is C13H25N5O. The van der Waals surface area contributed by atoms with Crippen molar-refractivity contribution in [3.63, 3.8) is 0 Å². The number of aryl methyl sites for hydroxylation is 1. The predicted octanol–water partition coefficient (Wildman–Crippen LogP) is 1.50. The molecule has 0 aliphatic carbocycles. The fourth-order valence-electron chi connectivity index (χ4n) is 1.85. The van der Waals surface area contributed by atoms with Gasteiger partial charge in [0.15, 0.2) is 0 Å². The van der Waals surface area contributed by atoms with Gasteiger partial charge in [0.2, 0.25) is 0 Å². The molecule has 1 aromatic heterocycles. The highest BCUT2D eigenvalue weighted by Crippen LogP contribution is 2.22. The minimum Gasteiger partial charge on any atom is -0.380 e. The Kier molecular flexibility index (Phi) is 6.52. The Labute approximate surface area is 115 Å². The maximum absolute atomic E-state index is 5.52. The van der Waals surface area contributed by atoms with Crippen molar-refractivity contribution in [2.24, 2.45) is 5.84 Å². The third-order valence-corrected chi connectivity index (χ3v) is 2.91. The summed E-state index contributed by atoms with van der Waals surface area (Å²) in [6.45, 7) is 8.28.